The zero-order valence-electron chi connectivity index (χ0n) is 25.0. The van der Waals surface area contributed by atoms with Gasteiger partial charge in [-0.15, -0.1) is 17.0 Å². The maximum absolute atomic E-state index is 13.6. The summed E-state index contributed by atoms with van der Waals surface area (Å²) in [4.78, 5) is 40.2. The number of rotatable bonds is 10. The van der Waals surface area contributed by atoms with Crippen molar-refractivity contribution in [3.63, 3.8) is 0 Å². The van der Waals surface area contributed by atoms with Crippen molar-refractivity contribution in [2.75, 3.05) is 26.8 Å². The summed E-state index contributed by atoms with van der Waals surface area (Å²) in [5.74, 6) is 0.636. The highest BCUT2D eigenvalue weighted by Gasteiger charge is 2.31. The lowest BCUT2D eigenvalue weighted by atomic mass is 9.84. The van der Waals surface area contributed by atoms with E-state index in [1.165, 1.54) is 7.05 Å². The molecule has 0 bridgehead atoms. The Kier molecular flexibility index (Phi) is 11.3. The Balaban J connectivity index is 0.00000588. The van der Waals surface area contributed by atoms with Gasteiger partial charge in [0, 0.05) is 36.3 Å². The summed E-state index contributed by atoms with van der Waals surface area (Å²) in [6.07, 6.45) is -0.605. The highest BCUT2D eigenvalue weighted by molar-refractivity contribution is 8.93. The van der Waals surface area contributed by atoms with Gasteiger partial charge in [-0.2, -0.15) is 0 Å². The summed E-state index contributed by atoms with van der Waals surface area (Å²) >= 11 is 0. The lowest BCUT2D eigenvalue weighted by Crippen LogP contribution is -2.33. The molecule has 11 heteroatoms. The normalized spacial score (nSPS) is 12.4. The van der Waals surface area contributed by atoms with Crippen molar-refractivity contribution in [3.05, 3.63) is 52.1 Å². The average molecular weight is 634 g/mol. The van der Waals surface area contributed by atoms with Gasteiger partial charge in [-0.3, -0.25) is 15.0 Å². The van der Waals surface area contributed by atoms with Gasteiger partial charge in [0.25, 0.3) is 5.91 Å². The number of carbonyl (C=O) groups excluding carboxylic acids is 3. The molecule has 41 heavy (non-hydrogen) atoms. The van der Waals surface area contributed by atoms with Crippen LogP contribution >= 0.6 is 17.0 Å². The quantitative estimate of drug-likeness (QED) is 0.305. The number of benzene rings is 2. The molecule has 0 aromatic heterocycles. The number of amidine groups is 1. The molecule has 2 aromatic rings. The molecule has 1 aliphatic rings. The van der Waals surface area contributed by atoms with Gasteiger partial charge in [0.2, 0.25) is 0 Å². The number of ether oxygens (including phenoxy) is 3. The van der Waals surface area contributed by atoms with Crippen LogP contribution in [0, 0.1) is 5.41 Å². The lowest BCUT2D eigenvalue weighted by molar-refractivity contribution is 0.0952. The zero-order valence-corrected chi connectivity index (χ0v) is 26.7. The molecule has 1 aliphatic heterocycles. The Hall–Kier alpha value is -3.60. The average Bonchev–Trinajstić information content (AvgIpc) is 3.16. The first kappa shape index (κ1) is 33.6. The topological polar surface area (TPSA) is 130 Å². The van der Waals surface area contributed by atoms with E-state index in [1.807, 2.05) is 48.5 Å². The van der Waals surface area contributed by atoms with Gasteiger partial charge in [-0.05, 0) is 62.9 Å². The summed E-state index contributed by atoms with van der Waals surface area (Å²) in [5, 5.41) is 14.1. The highest BCUT2D eigenvalue weighted by Crippen LogP contribution is 2.40. The van der Waals surface area contributed by atoms with Crippen LogP contribution in [0.3, 0.4) is 0 Å². The number of nitrogens with zero attached hydrogens (tertiary/aromatic N) is 1. The van der Waals surface area contributed by atoms with E-state index in [2.05, 4.69) is 10.6 Å². The Morgan fingerprint density at radius 2 is 1.66 bits per heavy atom. The van der Waals surface area contributed by atoms with E-state index in [-0.39, 0.29) is 52.8 Å². The molecule has 1 heterocycles. The smallest absolute Gasteiger partial charge is 0.412 e. The number of halogens is 1. The van der Waals surface area contributed by atoms with Crippen LogP contribution in [-0.4, -0.2) is 61.4 Å². The molecule has 0 aliphatic carbocycles. The van der Waals surface area contributed by atoms with Gasteiger partial charge < -0.3 is 29.7 Å². The van der Waals surface area contributed by atoms with Gasteiger partial charge >= 0.3 is 6.09 Å². The minimum atomic E-state index is -0.605. The zero-order chi connectivity index (χ0) is 29.8. The first-order chi connectivity index (χ1) is 18.8. The Morgan fingerprint density at radius 3 is 2.22 bits per heavy atom. The molecule has 10 nitrogen and oxygen atoms in total. The van der Waals surface area contributed by atoms with E-state index < -0.39 is 11.5 Å². The lowest BCUT2D eigenvalue weighted by Gasteiger charge is -2.26. The number of carbonyl (C=O) groups is 3. The standard InChI is InChI=1S/C30H40N4O6.BrH/c1-9-38-24-13-19-15-34(27(31)20(19)14-21(24)28(36)32-8)16-23(35)18-11-22(30(5,6)7)26(25(12-18)39-10-2)40-29(37)33-17(3)4;/h11-14,17,31H,9-10,15-16H2,1-8H3,(H,32,36)(H,33,37);1H. The molecule has 0 spiro atoms. The second kappa shape index (κ2) is 13.8. The van der Waals surface area contributed by atoms with Crippen LogP contribution in [-0.2, 0) is 12.0 Å². The number of nitrogens with one attached hydrogen (secondary N) is 3. The minimum Gasteiger partial charge on any atom is -0.493 e. The molecule has 0 radical (unpaired) electrons. The van der Waals surface area contributed by atoms with Crippen LogP contribution in [0.15, 0.2) is 24.3 Å². The Morgan fingerprint density at radius 1 is 1.02 bits per heavy atom. The van der Waals surface area contributed by atoms with Gasteiger partial charge in [-0.25, -0.2) is 4.79 Å². The Labute approximate surface area is 252 Å². The van der Waals surface area contributed by atoms with E-state index in [0.29, 0.717) is 53.5 Å². The molecule has 0 atom stereocenters. The van der Waals surface area contributed by atoms with Crippen molar-refractivity contribution in [1.29, 1.82) is 5.41 Å². The predicted octanol–water partition coefficient (Wildman–Crippen LogP) is 5.24. The van der Waals surface area contributed by atoms with Crippen molar-refractivity contribution >= 4 is 40.6 Å². The molecular weight excluding hydrogens is 592 g/mol. The van der Waals surface area contributed by atoms with Crippen molar-refractivity contribution < 1.29 is 28.6 Å². The first-order valence-electron chi connectivity index (χ1n) is 13.5. The van der Waals surface area contributed by atoms with E-state index in [4.69, 9.17) is 19.6 Å². The Bertz CT molecular complexity index is 1320. The van der Waals surface area contributed by atoms with Crippen LogP contribution in [0.1, 0.15) is 85.9 Å². The molecular formula is C30H41BrN4O6. The molecule has 3 rings (SSSR count). The molecule has 2 amide bonds. The third-order valence-electron chi connectivity index (χ3n) is 6.33. The maximum atomic E-state index is 13.6. The number of amides is 2. The number of hydrogen-bond donors (Lipinski definition) is 3. The summed E-state index contributed by atoms with van der Waals surface area (Å²) < 4.78 is 17.2. The van der Waals surface area contributed by atoms with Crippen LogP contribution in [0.5, 0.6) is 17.2 Å². The second-order valence-corrected chi connectivity index (χ2v) is 10.9. The summed E-state index contributed by atoms with van der Waals surface area (Å²) in [7, 11) is 1.54. The summed E-state index contributed by atoms with van der Waals surface area (Å²) in [5.41, 5.74) is 2.29. The fourth-order valence-corrected chi connectivity index (χ4v) is 4.46. The first-order valence-corrected chi connectivity index (χ1v) is 13.5. The van der Waals surface area contributed by atoms with Crippen LogP contribution in [0.25, 0.3) is 0 Å². The van der Waals surface area contributed by atoms with E-state index >= 15 is 0 Å². The largest absolute Gasteiger partial charge is 0.493 e. The molecule has 224 valence electrons. The van der Waals surface area contributed by atoms with Crippen LogP contribution in [0.2, 0.25) is 0 Å². The number of ketones is 1. The van der Waals surface area contributed by atoms with Gasteiger partial charge in [0.05, 0.1) is 25.3 Å². The van der Waals surface area contributed by atoms with E-state index in [1.54, 1.807) is 29.2 Å². The monoisotopic (exact) mass is 632 g/mol. The third-order valence-corrected chi connectivity index (χ3v) is 6.33. The summed E-state index contributed by atoms with van der Waals surface area (Å²) in [6, 6.07) is 6.61. The fourth-order valence-electron chi connectivity index (χ4n) is 4.46. The molecule has 2 aromatic carbocycles. The number of Topliss-reactive ketones (excluding diaryl/α,β-unsaturated/α-hetero) is 1. The summed E-state index contributed by atoms with van der Waals surface area (Å²) in [6.45, 7) is 14.2. The minimum absolute atomic E-state index is 0. The fraction of sp³-hybridized carbons (Fsp3) is 0.467. The predicted molar refractivity (Wildman–Crippen MR) is 163 cm³/mol. The van der Waals surface area contributed by atoms with Crippen molar-refractivity contribution in [2.24, 2.45) is 0 Å². The number of fused-ring (bicyclic) bond motifs is 1. The van der Waals surface area contributed by atoms with Crippen molar-refractivity contribution in [3.8, 4) is 17.2 Å². The van der Waals surface area contributed by atoms with Gasteiger partial charge in [0.1, 0.15) is 11.6 Å². The highest BCUT2D eigenvalue weighted by atomic mass is 79.9. The van der Waals surface area contributed by atoms with Crippen LogP contribution < -0.4 is 24.8 Å². The molecule has 0 unspecified atom stereocenters. The molecule has 0 saturated carbocycles. The third kappa shape index (κ3) is 7.78. The van der Waals surface area contributed by atoms with E-state index in [9.17, 15) is 14.4 Å². The van der Waals surface area contributed by atoms with E-state index in [0.717, 1.165) is 5.56 Å². The van der Waals surface area contributed by atoms with Crippen molar-refractivity contribution in [2.45, 2.75) is 66.5 Å². The SMILES string of the molecule is Br.CCOc1cc2c(cc1C(=O)NC)C(=N)N(CC(=O)c1cc(OCC)c(OC(=O)NC(C)C)c(C(C)(C)C)c1)C2. The molecule has 0 fully saturated rings. The van der Waals surface area contributed by atoms with Crippen molar-refractivity contribution in [1.82, 2.24) is 15.5 Å². The molecule has 3 N–H and O–H groups in total. The van der Waals surface area contributed by atoms with Crippen LogP contribution in [0.4, 0.5) is 4.79 Å². The second-order valence-electron chi connectivity index (χ2n) is 10.9. The maximum Gasteiger partial charge on any atom is 0.412 e. The number of hydrogen-bond acceptors (Lipinski definition) is 7. The molecule has 0 saturated heterocycles. The van der Waals surface area contributed by atoms with Gasteiger partial charge in [0.15, 0.2) is 17.3 Å². The van der Waals surface area contributed by atoms with Gasteiger partial charge in [-0.1, -0.05) is 20.8 Å².